The Morgan fingerprint density at radius 3 is 2.61 bits per heavy atom. The monoisotopic (exact) mass is 510 g/mol. The van der Waals surface area contributed by atoms with Crippen molar-refractivity contribution in [2.24, 2.45) is 5.73 Å². The first kappa shape index (κ1) is 24.5. The van der Waals surface area contributed by atoms with Gasteiger partial charge in [-0.25, -0.2) is 14.6 Å². The van der Waals surface area contributed by atoms with Crippen LogP contribution in [0, 0.1) is 0 Å². The van der Waals surface area contributed by atoms with Crippen molar-refractivity contribution in [1.29, 1.82) is 0 Å². The molecule has 0 radical (unpaired) electrons. The lowest BCUT2D eigenvalue weighted by atomic mass is 10.1. The molecule has 5 rings (SSSR count). The maximum atomic E-state index is 12.0. The topological polar surface area (TPSA) is 130 Å². The molecule has 1 aliphatic heterocycles. The normalized spacial score (nSPS) is 15.2. The van der Waals surface area contributed by atoms with Gasteiger partial charge in [-0.15, -0.1) is 0 Å². The van der Waals surface area contributed by atoms with E-state index in [0.29, 0.717) is 39.7 Å². The Labute approximate surface area is 214 Å². The Balaban J connectivity index is 1.70. The van der Waals surface area contributed by atoms with E-state index in [1.54, 1.807) is 12.1 Å². The van der Waals surface area contributed by atoms with Crippen molar-refractivity contribution in [2.75, 3.05) is 38.6 Å². The number of aromatic nitrogens is 5. The number of amides is 1. The summed E-state index contributed by atoms with van der Waals surface area (Å²) >= 11 is 7.04. The number of nitrogens with two attached hydrogens (primary N) is 2. The minimum absolute atomic E-state index is 0.338. The number of aryl methyl sites for hydroxylation is 1. The molecule has 3 aromatic heterocycles. The minimum atomic E-state index is -0.490. The summed E-state index contributed by atoms with van der Waals surface area (Å²) in [5, 5.41) is 6.98. The van der Waals surface area contributed by atoms with Crippen LogP contribution in [0.2, 0.25) is 5.02 Å². The molecule has 1 fully saturated rings. The third-order valence-corrected chi connectivity index (χ3v) is 6.98. The molecule has 0 spiro atoms. The summed E-state index contributed by atoms with van der Waals surface area (Å²) in [4.78, 5) is 23.1. The molecule has 0 bridgehead atoms. The van der Waals surface area contributed by atoms with E-state index in [0.717, 1.165) is 55.9 Å². The molecule has 0 atom stereocenters. The molecule has 4 aromatic rings. The zero-order valence-corrected chi connectivity index (χ0v) is 21.5. The predicted molar refractivity (Wildman–Crippen MR) is 141 cm³/mol. The number of carbonyl (C=O) groups is 1. The molecule has 1 amide bonds. The van der Waals surface area contributed by atoms with Crippen LogP contribution >= 0.6 is 11.6 Å². The van der Waals surface area contributed by atoms with Crippen LogP contribution in [-0.4, -0.2) is 68.0 Å². The largest absolute Gasteiger partial charge is 0.383 e. The number of anilines is 1. The summed E-state index contributed by atoms with van der Waals surface area (Å²) in [6.45, 7) is 11.1. The fourth-order valence-corrected chi connectivity index (χ4v) is 5.16. The van der Waals surface area contributed by atoms with E-state index in [1.807, 2.05) is 10.7 Å². The average Bonchev–Trinajstić information content (AvgIpc) is 3.36. The summed E-state index contributed by atoms with van der Waals surface area (Å²) in [5.41, 5.74) is 14.9. The van der Waals surface area contributed by atoms with Crippen molar-refractivity contribution in [2.45, 2.75) is 39.3 Å². The molecule has 4 heterocycles. The lowest BCUT2D eigenvalue weighted by molar-refractivity contribution is 0.0370. The number of primary amides is 1. The van der Waals surface area contributed by atoms with Crippen molar-refractivity contribution in [3.63, 3.8) is 0 Å². The van der Waals surface area contributed by atoms with Gasteiger partial charge in [-0.1, -0.05) is 17.7 Å². The van der Waals surface area contributed by atoms with E-state index in [2.05, 4.69) is 40.2 Å². The molecular weight excluding hydrogens is 480 g/mol. The van der Waals surface area contributed by atoms with Gasteiger partial charge >= 0.3 is 0 Å². The summed E-state index contributed by atoms with van der Waals surface area (Å²) in [5.74, 6) is -0.153. The van der Waals surface area contributed by atoms with E-state index >= 15 is 0 Å². The minimum Gasteiger partial charge on any atom is -0.383 e. The number of carbonyl (C=O) groups excluding carboxylic acids is 1. The molecule has 1 aliphatic rings. The first-order valence-electron chi connectivity index (χ1n) is 12.1. The Kier molecular flexibility index (Phi) is 6.36. The molecular formula is C25H31ClN8O2. The van der Waals surface area contributed by atoms with E-state index < -0.39 is 5.91 Å². The number of ether oxygens (including phenoxy) is 1. The lowest BCUT2D eigenvalue weighted by Crippen LogP contribution is -2.37. The number of hydrogen-bond acceptors (Lipinski definition) is 7. The number of fused-ring (bicyclic) bond motifs is 2. The van der Waals surface area contributed by atoms with Crippen molar-refractivity contribution < 1.29 is 9.53 Å². The molecule has 1 saturated heterocycles. The van der Waals surface area contributed by atoms with Crippen molar-refractivity contribution in [1.82, 2.24) is 29.2 Å². The third kappa shape index (κ3) is 4.29. The SMILES string of the molecule is CC(C)(C)n1nc(-c2c(Cl)c3ccc(C(N)=O)cc3n2CCCN2CCOCC2)c2c(N)ncnc21. The second-order valence-electron chi connectivity index (χ2n) is 10.1. The van der Waals surface area contributed by atoms with Crippen molar-refractivity contribution in [3.8, 4) is 11.4 Å². The number of morpholine rings is 1. The molecule has 190 valence electrons. The highest BCUT2D eigenvalue weighted by molar-refractivity contribution is 6.39. The van der Waals surface area contributed by atoms with Crippen LogP contribution in [0.25, 0.3) is 33.3 Å². The fraction of sp³-hybridized carbons (Fsp3) is 0.440. The predicted octanol–water partition coefficient (Wildman–Crippen LogP) is 3.26. The quantitative estimate of drug-likeness (QED) is 0.407. The third-order valence-electron chi connectivity index (χ3n) is 6.60. The van der Waals surface area contributed by atoms with Crippen LogP contribution in [0.15, 0.2) is 24.5 Å². The molecule has 0 unspecified atom stereocenters. The molecule has 36 heavy (non-hydrogen) atoms. The van der Waals surface area contributed by atoms with Crippen LogP contribution < -0.4 is 11.5 Å². The lowest BCUT2D eigenvalue weighted by Gasteiger charge is -2.26. The van der Waals surface area contributed by atoms with E-state index in [1.165, 1.54) is 6.33 Å². The summed E-state index contributed by atoms with van der Waals surface area (Å²) in [7, 11) is 0. The number of nitrogen functional groups attached to an aromatic ring is 1. The summed E-state index contributed by atoms with van der Waals surface area (Å²) < 4.78 is 9.45. The van der Waals surface area contributed by atoms with Gasteiger partial charge in [-0.05, 0) is 39.3 Å². The van der Waals surface area contributed by atoms with Crippen LogP contribution in [-0.2, 0) is 16.8 Å². The zero-order chi connectivity index (χ0) is 25.6. The van der Waals surface area contributed by atoms with E-state index in [9.17, 15) is 4.79 Å². The molecule has 4 N–H and O–H groups in total. The highest BCUT2D eigenvalue weighted by Crippen LogP contribution is 2.42. The number of benzene rings is 1. The van der Waals surface area contributed by atoms with Crippen molar-refractivity contribution in [3.05, 3.63) is 35.1 Å². The first-order valence-corrected chi connectivity index (χ1v) is 12.5. The molecule has 0 aliphatic carbocycles. The van der Waals surface area contributed by atoms with Crippen LogP contribution in [0.1, 0.15) is 37.6 Å². The summed E-state index contributed by atoms with van der Waals surface area (Å²) in [6.07, 6.45) is 2.32. The maximum Gasteiger partial charge on any atom is 0.248 e. The highest BCUT2D eigenvalue weighted by Gasteiger charge is 2.28. The Morgan fingerprint density at radius 2 is 1.92 bits per heavy atom. The Hall–Kier alpha value is -3.21. The molecule has 0 saturated carbocycles. The Bertz CT molecular complexity index is 1450. The average molecular weight is 511 g/mol. The van der Waals surface area contributed by atoms with Gasteiger partial charge < -0.3 is 20.8 Å². The molecule has 11 heteroatoms. The number of halogens is 1. The number of hydrogen-bond donors (Lipinski definition) is 2. The van der Waals surface area contributed by atoms with Crippen LogP contribution in [0.3, 0.4) is 0 Å². The standard InChI is InChI=1S/C25H31ClN8O2/c1-25(2,3)34-24-18(22(27)29-14-30-24)20(31-34)21-19(26)16-6-5-15(23(28)35)13-17(16)33(21)8-4-7-32-9-11-36-12-10-32/h5-6,13-14H,4,7-12H2,1-3H3,(H2,28,35)(H2,27,29,30). The number of nitrogens with zero attached hydrogens (tertiary/aromatic N) is 6. The van der Waals surface area contributed by atoms with Gasteiger partial charge in [0, 0.05) is 37.1 Å². The smallest absolute Gasteiger partial charge is 0.248 e. The van der Waals surface area contributed by atoms with Gasteiger partial charge in [0.1, 0.15) is 17.8 Å². The van der Waals surface area contributed by atoms with Gasteiger partial charge in [0.15, 0.2) is 5.65 Å². The Morgan fingerprint density at radius 1 is 1.17 bits per heavy atom. The van der Waals surface area contributed by atoms with E-state index in [4.69, 9.17) is 32.9 Å². The van der Waals surface area contributed by atoms with Crippen LogP contribution in [0.5, 0.6) is 0 Å². The first-order chi connectivity index (χ1) is 17.2. The molecule has 1 aromatic carbocycles. The zero-order valence-electron chi connectivity index (χ0n) is 20.8. The van der Waals surface area contributed by atoms with Gasteiger partial charge in [0.25, 0.3) is 0 Å². The second-order valence-corrected chi connectivity index (χ2v) is 10.5. The van der Waals surface area contributed by atoms with Gasteiger partial charge in [-0.2, -0.15) is 5.10 Å². The van der Waals surface area contributed by atoms with Gasteiger partial charge in [-0.3, -0.25) is 9.69 Å². The highest BCUT2D eigenvalue weighted by atomic mass is 35.5. The summed E-state index contributed by atoms with van der Waals surface area (Å²) in [6, 6.07) is 5.33. The fourth-order valence-electron chi connectivity index (χ4n) is 4.81. The van der Waals surface area contributed by atoms with Crippen molar-refractivity contribution >= 4 is 45.3 Å². The van der Waals surface area contributed by atoms with Gasteiger partial charge in [0.2, 0.25) is 5.91 Å². The van der Waals surface area contributed by atoms with Gasteiger partial charge in [0.05, 0.1) is 40.4 Å². The van der Waals surface area contributed by atoms with Crippen LogP contribution in [0.4, 0.5) is 5.82 Å². The number of rotatable bonds is 6. The van der Waals surface area contributed by atoms with E-state index in [-0.39, 0.29) is 5.54 Å². The second kappa shape index (κ2) is 9.34. The maximum absolute atomic E-state index is 12.0. The molecule has 10 nitrogen and oxygen atoms in total.